The largest absolute Gasteiger partial charge is 0.289 e. The second-order valence-corrected chi connectivity index (χ2v) is 4.30. The number of carbonyl (C=O) groups is 2. The summed E-state index contributed by atoms with van der Waals surface area (Å²) in [6, 6.07) is -1.06. The zero-order valence-electron chi connectivity index (χ0n) is 10.8. The fraction of sp³-hybridized carbons (Fsp3) is 0.818. The summed E-state index contributed by atoms with van der Waals surface area (Å²) in [4.78, 5) is 23.2. The van der Waals surface area contributed by atoms with Gasteiger partial charge in [-0.1, -0.05) is 34.1 Å². The third-order valence-electron chi connectivity index (χ3n) is 3.09. The number of rotatable bonds is 6. The number of hydrogen-bond acceptors (Lipinski definition) is 4. The molecule has 0 aromatic rings. The van der Waals surface area contributed by atoms with Gasteiger partial charge in [-0.05, 0) is 12.3 Å². The molecule has 3 unspecified atom stereocenters. The van der Waals surface area contributed by atoms with E-state index in [9.17, 15) is 14.8 Å². The minimum absolute atomic E-state index is 0.250. The molecule has 0 aliphatic rings. The molecule has 6 nitrogen and oxygen atoms in total. The van der Waals surface area contributed by atoms with Gasteiger partial charge in [-0.15, -0.1) is 0 Å². The first-order valence-corrected chi connectivity index (χ1v) is 5.86. The highest BCUT2D eigenvalue weighted by molar-refractivity contribution is 5.87. The van der Waals surface area contributed by atoms with Crippen molar-refractivity contribution < 1.29 is 20.0 Å². The average Bonchev–Trinajstić information content (AvgIpc) is 2.35. The normalized spacial score (nSPS) is 15.9. The Morgan fingerprint density at radius 1 is 1.24 bits per heavy atom. The summed E-state index contributed by atoms with van der Waals surface area (Å²) in [5, 5.41) is 18.9. The summed E-state index contributed by atoms with van der Waals surface area (Å²) in [6.07, 6.45) is 1.17. The van der Waals surface area contributed by atoms with Crippen LogP contribution in [0.2, 0.25) is 0 Å². The second kappa shape index (κ2) is 7.24. The number of hydroxylamine groups is 3. The smallest absolute Gasteiger partial charge is 0.269 e. The van der Waals surface area contributed by atoms with Crippen LogP contribution in [-0.4, -0.2) is 33.3 Å². The third kappa shape index (κ3) is 3.98. The molecule has 2 amide bonds. The third-order valence-corrected chi connectivity index (χ3v) is 3.09. The molecule has 0 spiro atoms. The van der Waals surface area contributed by atoms with Gasteiger partial charge in [0.15, 0.2) is 0 Å². The Kier molecular flexibility index (Phi) is 6.75. The average molecular weight is 246 g/mol. The Morgan fingerprint density at radius 2 is 1.76 bits per heavy atom. The van der Waals surface area contributed by atoms with Crippen molar-refractivity contribution in [2.45, 2.75) is 46.6 Å². The number of hydrogen-bond donors (Lipinski definition) is 3. The van der Waals surface area contributed by atoms with Gasteiger partial charge in [0.2, 0.25) is 5.91 Å². The topological polar surface area (TPSA) is 89.9 Å². The first-order chi connectivity index (χ1) is 7.90. The highest BCUT2D eigenvalue weighted by Crippen LogP contribution is 2.16. The van der Waals surface area contributed by atoms with E-state index in [4.69, 9.17) is 5.21 Å². The van der Waals surface area contributed by atoms with Crippen molar-refractivity contribution >= 4 is 11.8 Å². The molecule has 0 radical (unpaired) electrons. The van der Waals surface area contributed by atoms with Crippen molar-refractivity contribution in [2.75, 3.05) is 0 Å². The lowest BCUT2D eigenvalue weighted by atomic mass is 9.97. The van der Waals surface area contributed by atoms with Crippen LogP contribution in [0.3, 0.4) is 0 Å². The molecule has 0 bridgehead atoms. The zero-order chi connectivity index (χ0) is 13.6. The molecule has 0 fully saturated rings. The summed E-state index contributed by atoms with van der Waals surface area (Å²) in [6.45, 7) is 7.06. The van der Waals surface area contributed by atoms with Crippen LogP contribution in [0.5, 0.6) is 0 Å². The molecule has 6 heteroatoms. The maximum atomic E-state index is 11.8. The van der Waals surface area contributed by atoms with Crippen LogP contribution in [0.25, 0.3) is 0 Å². The summed E-state index contributed by atoms with van der Waals surface area (Å²) in [5.41, 5.74) is 1.48. The number of carbonyl (C=O) groups excluding carboxylic acids is 2. The fourth-order valence-electron chi connectivity index (χ4n) is 1.44. The summed E-state index contributed by atoms with van der Waals surface area (Å²) in [7, 11) is 0. The Hall–Kier alpha value is -1.14. The highest BCUT2D eigenvalue weighted by Gasteiger charge is 2.34. The minimum Gasteiger partial charge on any atom is -0.289 e. The molecule has 0 aromatic carbocycles. The minimum atomic E-state index is -1.06. The Balaban J connectivity index is 4.92. The molecule has 0 aliphatic carbocycles. The van der Waals surface area contributed by atoms with Crippen LogP contribution >= 0.6 is 0 Å². The van der Waals surface area contributed by atoms with Crippen LogP contribution in [0.15, 0.2) is 0 Å². The molecule has 0 saturated carbocycles. The fourth-order valence-corrected chi connectivity index (χ4v) is 1.44. The number of amides is 2. The maximum Gasteiger partial charge on any atom is 0.269 e. The van der Waals surface area contributed by atoms with E-state index in [0.717, 1.165) is 0 Å². The van der Waals surface area contributed by atoms with Crippen molar-refractivity contribution in [1.29, 1.82) is 0 Å². The molecule has 0 rings (SSSR count). The lowest BCUT2D eigenvalue weighted by Crippen LogP contribution is -2.52. The molecule has 0 heterocycles. The SMILES string of the molecule is CCC(C)C(=O)N(O)C(C(=O)NO)C(C)CC. The van der Waals surface area contributed by atoms with Gasteiger partial charge in [0.1, 0.15) is 6.04 Å². The van der Waals surface area contributed by atoms with Gasteiger partial charge in [-0.3, -0.25) is 20.0 Å². The van der Waals surface area contributed by atoms with Crippen LogP contribution < -0.4 is 5.48 Å². The van der Waals surface area contributed by atoms with Crippen LogP contribution in [0, 0.1) is 11.8 Å². The van der Waals surface area contributed by atoms with E-state index in [1.54, 1.807) is 13.8 Å². The van der Waals surface area contributed by atoms with Gasteiger partial charge in [-0.25, -0.2) is 10.5 Å². The van der Waals surface area contributed by atoms with Gasteiger partial charge < -0.3 is 0 Å². The molecule has 3 atom stereocenters. The van der Waals surface area contributed by atoms with Gasteiger partial charge in [0.25, 0.3) is 5.91 Å². The van der Waals surface area contributed by atoms with Crippen molar-refractivity contribution in [3.63, 3.8) is 0 Å². The summed E-state index contributed by atoms with van der Waals surface area (Å²) in [5.74, 6) is -1.90. The van der Waals surface area contributed by atoms with Crippen molar-refractivity contribution in [2.24, 2.45) is 11.8 Å². The monoisotopic (exact) mass is 246 g/mol. The predicted molar refractivity (Wildman–Crippen MR) is 61.3 cm³/mol. The molecule has 17 heavy (non-hydrogen) atoms. The molecule has 0 aliphatic heterocycles. The Morgan fingerprint density at radius 3 is 2.12 bits per heavy atom. The van der Waals surface area contributed by atoms with E-state index in [0.29, 0.717) is 17.9 Å². The van der Waals surface area contributed by atoms with Crippen molar-refractivity contribution in [1.82, 2.24) is 10.5 Å². The Labute approximate surface area is 102 Å². The quantitative estimate of drug-likeness (QED) is 0.485. The van der Waals surface area contributed by atoms with E-state index in [-0.39, 0.29) is 11.8 Å². The van der Waals surface area contributed by atoms with Crippen molar-refractivity contribution in [3.8, 4) is 0 Å². The van der Waals surface area contributed by atoms with E-state index in [1.165, 1.54) is 5.48 Å². The van der Waals surface area contributed by atoms with Crippen LogP contribution in [-0.2, 0) is 9.59 Å². The molecular formula is C11H22N2O4. The van der Waals surface area contributed by atoms with E-state index in [2.05, 4.69) is 0 Å². The van der Waals surface area contributed by atoms with Gasteiger partial charge in [0.05, 0.1) is 0 Å². The van der Waals surface area contributed by atoms with Gasteiger partial charge in [-0.2, -0.15) is 0 Å². The van der Waals surface area contributed by atoms with Crippen LogP contribution in [0.1, 0.15) is 40.5 Å². The lowest BCUT2D eigenvalue weighted by molar-refractivity contribution is -0.190. The van der Waals surface area contributed by atoms with E-state index in [1.807, 2.05) is 13.8 Å². The first-order valence-electron chi connectivity index (χ1n) is 5.86. The maximum absolute atomic E-state index is 11.8. The molecule has 0 saturated heterocycles. The second-order valence-electron chi connectivity index (χ2n) is 4.30. The molecule has 100 valence electrons. The molecule has 0 aromatic heterocycles. The number of nitrogens with one attached hydrogen (secondary N) is 1. The number of nitrogens with zero attached hydrogens (tertiary/aromatic N) is 1. The summed E-state index contributed by atoms with van der Waals surface area (Å²) < 4.78 is 0. The Bertz CT molecular complexity index is 270. The highest BCUT2D eigenvalue weighted by atomic mass is 16.5. The predicted octanol–water partition coefficient (Wildman–Crippen LogP) is 1.17. The standard InChI is InChI=1S/C11H22N2O4/c1-5-7(3)9(10(14)12-16)13(17)11(15)8(4)6-2/h7-9,16-17H,5-6H2,1-4H3,(H,12,14). The first kappa shape index (κ1) is 15.9. The molecule has 3 N–H and O–H groups in total. The summed E-state index contributed by atoms with van der Waals surface area (Å²) >= 11 is 0. The van der Waals surface area contributed by atoms with Gasteiger partial charge in [0, 0.05) is 5.92 Å². The lowest BCUT2D eigenvalue weighted by Gasteiger charge is -2.29. The van der Waals surface area contributed by atoms with Crippen molar-refractivity contribution in [3.05, 3.63) is 0 Å². The van der Waals surface area contributed by atoms with E-state index >= 15 is 0 Å². The zero-order valence-corrected chi connectivity index (χ0v) is 10.8. The molecular weight excluding hydrogens is 224 g/mol. The van der Waals surface area contributed by atoms with E-state index < -0.39 is 17.9 Å². The van der Waals surface area contributed by atoms with Gasteiger partial charge >= 0.3 is 0 Å². The van der Waals surface area contributed by atoms with Crippen LogP contribution in [0.4, 0.5) is 0 Å².